The number of nitrogens with zero attached hydrogens (tertiary/aromatic N) is 3. The lowest BCUT2D eigenvalue weighted by molar-refractivity contribution is -0.114. The molecule has 0 unspecified atom stereocenters. The first kappa shape index (κ1) is 33.2. The smallest absolute Gasteiger partial charge is 0.289 e. The molecule has 2 heterocycles. The molecule has 1 aliphatic heterocycles. The van der Waals surface area contributed by atoms with Gasteiger partial charge in [0.05, 0.1) is 16.6 Å². The van der Waals surface area contributed by atoms with E-state index in [2.05, 4.69) is 42.0 Å². The Kier molecular flexibility index (Phi) is 12.0. The lowest BCUT2D eigenvalue weighted by Crippen LogP contribution is -2.22. The molecular weight excluding hydrogens is 572 g/mol. The quantitative estimate of drug-likeness (QED) is 0.144. The molecule has 3 aromatic carbocycles. The van der Waals surface area contributed by atoms with Crippen molar-refractivity contribution in [2.45, 2.75) is 78.4 Å². The third-order valence-corrected chi connectivity index (χ3v) is 8.00. The monoisotopic (exact) mass is 616 g/mol. The number of halogens is 1. The number of rotatable bonds is 10. The third-order valence-electron chi connectivity index (χ3n) is 7.71. The number of aromatic nitrogens is 2. The Balaban J connectivity index is 0.000000193. The van der Waals surface area contributed by atoms with E-state index in [0.29, 0.717) is 17.7 Å². The van der Waals surface area contributed by atoms with Crippen LogP contribution in [0, 0.1) is 0 Å². The molecule has 1 aliphatic carbocycles. The summed E-state index contributed by atoms with van der Waals surface area (Å²) in [4.78, 5) is 25.0. The molecule has 0 spiro atoms. The van der Waals surface area contributed by atoms with E-state index in [4.69, 9.17) is 22.1 Å². The van der Waals surface area contributed by atoms with Crippen LogP contribution in [0.25, 0.3) is 22.0 Å². The Hall–Kier alpha value is -3.68. The van der Waals surface area contributed by atoms with Crippen molar-refractivity contribution in [1.29, 1.82) is 0 Å². The minimum absolute atomic E-state index is 0.301. The largest absolute Gasteiger partial charge is 0.489 e. The zero-order chi connectivity index (χ0) is 31.6. The Morgan fingerprint density at radius 2 is 1.66 bits per heavy atom. The van der Waals surface area contributed by atoms with Crippen LogP contribution in [0.2, 0.25) is 5.02 Å². The maximum Gasteiger partial charge on any atom is 0.289 e. The summed E-state index contributed by atoms with van der Waals surface area (Å²) in [5.41, 5.74) is 9.57. The number of ketones is 1. The molecule has 6 rings (SSSR count). The lowest BCUT2D eigenvalue weighted by Gasteiger charge is -2.14. The second-order valence-electron chi connectivity index (χ2n) is 11.5. The van der Waals surface area contributed by atoms with Gasteiger partial charge in [-0.2, -0.15) is 5.10 Å². The van der Waals surface area contributed by atoms with E-state index in [-0.39, 0.29) is 0 Å². The molecule has 2 N–H and O–H groups in total. The number of nitrogens with two attached hydrogens (primary N) is 1. The lowest BCUT2D eigenvalue weighted by atomic mass is 10.0. The Morgan fingerprint density at radius 3 is 2.27 bits per heavy atom. The van der Waals surface area contributed by atoms with Crippen molar-refractivity contribution in [1.82, 2.24) is 14.7 Å². The molecule has 2 fully saturated rings. The highest BCUT2D eigenvalue weighted by Crippen LogP contribution is 2.32. The van der Waals surface area contributed by atoms with E-state index in [1.165, 1.54) is 57.3 Å². The molecule has 4 aromatic rings. The fourth-order valence-electron chi connectivity index (χ4n) is 5.12. The van der Waals surface area contributed by atoms with Crippen molar-refractivity contribution in [2.24, 2.45) is 5.73 Å². The highest BCUT2D eigenvalue weighted by Gasteiger charge is 2.24. The van der Waals surface area contributed by atoms with Crippen LogP contribution in [0.3, 0.4) is 0 Å². The minimum Gasteiger partial charge on any atom is -0.489 e. The van der Waals surface area contributed by atoms with Gasteiger partial charge in [0.1, 0.15) is 5.75 Å². The molecule has 0 radical (unpaired) electrons. The van der Waals surface area contributed by atoms with Gasteiger partial charge in [0.15, 0.2) is 0 Å². The Labute approximate surface area is 266 Å². The minimum atomic E-state index is -0.944. The fourth-order valence-corrected chi connectivity index (χ4v) is 5.37. The summed E-state index contributed by atoms with van der Waals surface area (Å²) in [7, 11) is 0. The average molecular weight is 617 g/mol. The predicted molar refractivity (Wildman–Crippen MR) is 180 cm³/mol. The van der Waals surface area contributed by atoms with Gasteiger partial charge in [0, 0.05) is 23.2 Å². The van der Waals surface area contributed by atoms with Crippen LogP contribution in [-0.2, 0) is 11.2 Å². The molecule has 1 amide bonds. The van der Waals surface area contributed by atoms with E-state index in [1.54, 1.807) is 12.1 Å². The first-order valence-electron chi connectivity index (χ1n) is 15.9. The molecule has 8 heteroatoms. The molecule has 1 aromatic heterocycles. The van der Waals surface area contributed by atoms with Gasteiger partial charge in [-0.3, -0.25) is 14.3 Å². The van der Waals surface area contributed by atoms with E-state index < -0.39 is 11.7 Å². The first-order valence-corrected chi connectivity index (χ1v) is 16.3. The molecular formula is C36H45ClN4O3. The zero-order valence-electron chi connectivity index (χ0n) is 26.4. The van der Waals surface area contributed by atoms with Crippen molar-refractivity contribution in [3.8, 4) is 16.9 Å². The standard InChI is InChI=1S/C18H17N3O2.C16H22ClNO.C2H6/c1-11(2)21-10-15-9-14(7-8-16(15)20-21)12-3-5-13(6-4-12)17(22)18(19)23;17-15-12-13(4-3-11-18-9-1-2-10-18)5-8-16(15)19-14-6-7-14;1-2/h3-11H,1-2H3,(H2,19,23);5,8,12,14H,1-4,6-7,9-11H2;1-2H3. The van der Waals surface area contributed by atoms with Gasteiger partial charge in [-0.15, -0.1) is 0 Å². The molecule has 234 valence electrons. The van der Waals surface area contributed by atoms with E-state index in [9.17, 15) is 9.59 Å². The van der Waals surface area contributed by atoms with Crippen LogP contribution >= 0.6 is 11.6 Å². The molecule has 7 nitrogen and oxygen atoms in total. The molecule has 2 aliphatic rings. The molecule has 1 saturated heterocycles. The van der Waals surface area contributed by atoms with E-state index in [0.717, 1.165) is 39.2 Å². The summed E-state index contributed by atoms with van der Waals surface area (Å²) in [6.07, 6.45) is 9.87. The van der Waals surface area contributed by atoms with E-state index in [1.807, 2.05) is 55.1 Å². The van der Waals surface area contributed by atoms with Crippen LogP contribution in [0.4, 0.5) is 0 Å². The summed E-state index contributed by atoms with van der Waals surface area (Å²) in [5, 5.41) is 6.36. The highest BCUT2D eigenvalue weighted by molar-refractivity contribution is 6.42. The number of ether oxygens (including phenoxy) is 1. The van der Waals surface area contributed by atoms with Crippen LogP contribution in [0.5, 0.6) is 5.75 Å². The summed E-state index contributed by atoms with van der Waals surface area (Å²) >= 11 is 6.27. The number of Topliss-reactive ketones (excluding diaryl/α,β-unsaturated/α-hetero) is 1. The normalized spacial score (nSPS) is 14.5. The maximum atomic E-state index is 11.5. The molecule has 1 saturated carbocycles. The number of carbonyl (C=O) groups is 2. The van der Waals surface area contributed by atoms with Gasteiger partial charge >= 0.3 is 0 Å². The average Bonchev–Trinajstić information content (AvgIpc) is 3.49. The van der Waals surface area contributed by atoms with Gasteiger partial charge < -0.3 is 15.4 Å². The highest BCUT2D eigenvalue weighted by atomic mass is 35.5. The number of aryl methyl sites for hydroxylation is 1. The number of fused-ring (bicyclic) bond motifs is 1. The number of carbonyl (C=O) groups excluding carboxylic acids is 2. The van der Waals surface area contributed by atoms with Crippen molar-refractivity contribution in [2.75, 3.05) is 19.6 Å². The van der Waals surface area contributed by atoms with E-state index >= 15 is 0 Å². The second kappa shape index (κ2) is 15.9. The summed E-state index contributed by atoms with van der Waals surface area (Å²) in [5.74, 6) is -0.766. The van der Waals surface area contributed by atoms with Crippen LogP contribution in [0.15, 0.2) is 66.9 Å². The number of benzene rings is 3. The SMILES string of the molecule is CC.CC(C)n1cc2cc(-c3ccc(C(=O)C(N)=O)cc3)ccc2n1.Clc1cc(CCCN2CCCC2)ccc1OC1CC1. The summed E-state index contributed by atoms with van der Waals surface area (Å²) in [6, 6.07) is 19.5. The van der Waals surface area contributed by atoms with Crippen molar-refractivity contribution >= 4 is 34.2 Å². The molecule has 0 atom stereocenters. The fraction of sp³-hybridized carbons (Fsp3) is 0.417. The van der Waals surface area contributed by atoms with Crippen molar-refractivity contribution in [3.63, 3.8) is 0 Å². The predicted octanol–water partition coefficient (Wildman–Crippen LogP) is 7.89. The van der Waals surface area contributed by atoms with Gasteiger partial charge in [0.25, 0.3) is 5.91 Å². The Bertz CT molecular complexity index is 1540. The first-order chi connectivity index (χ1) is 21.3. The van der Waals surface area contributed by atoms with Crippen LogP contribution < -0.4 is 10.5 Å². The summed E-state index contributed by atoms with van der Waals surface area (Å²) < 4.78 is 7.69. The number of hydrogen-bond donors (Lipinski definition) is 1. The second-order valence-corrected chi connectivity index (χ2v) is 11.9. The zero-order valence-corrected chi connectivity index (χ0v) is 27.1. The molecule has 44 heavy (non-hydrogen) atoms. The number of amides is 1. The number of hydrogen-bond acceptors (Lipinski definition) is 5. The van der Waals surface area contributed by atoms with Crippen molar-refractivity contribution < 1.29 is 14.3 Å². The van der Waals surface area contributed by atoms with Crippen molar-refractivity contribution in [3.05, 3.63) is 83.0 Å². The number of likely N-dealkylation sites (tertiary alicyclic amines) is 1. The number of primary amides is 1. The van der Waals surface area contributed by atoms with Gasteiger partial charge in [-0.25, -0.2) is 0 Å². The van der Waals surface area contributed by atoms with Crippen LogP contribution in [0.1, 0.15) is 81.8 Å². The molecule has 0 bridgehead atoms. The topological polar surface area (TPSA) is 90.5 Å². The van der Waals surface area contributed by atoms with Gasteiger partial charge in [-0.05, 0) is 113 Å². The van der Waals surface area contributed by atoms with Gasteiger partial charge in [0.2, 0.25) is 5.78 Å². The van der Waals surface area contributed by atoms with Crippen LogP contribution in [-0.4, -0.2) is 52.1 Å². The maximum absolute atomic E-state index is 11.5. The third kappa shape index (κ3) is 9.16. The summed E-state index contributed by atoms with van der Waals surface area (Å²) in [6.45, 7) is 12.0. The van der Waals surface area contributed by atoms with Gasteiger partial charge in [-0.1, -0.05) is 61.8 Å². The Morgan fingerprint density at radius 1 is 0.977 bits per heavy atom.